The molecule has 0 aromatic carbocycles. The number of nitrogens with one attached hydrogen (secondary N) is 1. The van der Waals surface area contributed by atoms with Crippen molar-refractivity contribution >= 4 is 38.4 Å². The van der Waals surface area contributed by atoms with Gasteiger partial charge in [-0.3, -0.25) is 9.36 Å². The maximum Gasteiger partial charge on any atom is 0.295 e. The Bertz CT molecular complexity index is 1290. The Morgan fingerprint density at radius 3 is 2.66 bits per heavy atom. The van der Waals surface area contributed by atoms with Gasteiger partial charge in [-0.1, -0.05) is 18.7 Å². The van der Waals surface area contributed by atoms with E-state index >= 15 is 0 Å². The molecule has 0 spiro atoms. The van der Waals surface area contributed by atoms with E-state index in [1.807, 2.05) is 6.92 Å². The van der Waals surface area contributed by atoms with E-state index in [0.717, 1.165) is 12.8 Å². The second-order valence-electron chi connectivity index (χ2n) is 8.34. The molecule has 8 nitrogen and oxygen atoms in total. The highest BCUT2D eigenvalue weighted by atomic mass is 35.5. The van der Waals surface area contributed by atoms with Crippen LogP contribution in [0.25, 0.3) is 11.2 Å². The summed E-state index contributed by atoms with van der Waals surface area (Å²) in [5.74, 6) is 0.591. The van der Waals surface area contributed by atoms with E-state index in [1.165, 1.54) is 6.20 Å². The fraction of sp³-hybridized carbons (Fsp3) is 0.455. The molecule has 4 rings (SSSR count). The van der Waals surface area contributed by atoms with E-state index < -0.39 is 9.84 Å². The molecular formula is C22H26ClN5O3S. The minimum Gasteiger partial charge on any atom is -0.361 e. The van der Waals surface area contributed by atoms with Crippen LogP contribution in [-0.4, -0.2) is 39.7 Å². The summed E-state index contributed by atoms with van der Waals surface area (Å²) < 4.78 is 26.5. The Morgan fingerprint density at radius 2 is 2.03 bits per heavy atom. The maximum absolute atomic E-state index is 13.2. The van der Waals surface area contributed by atoms with Crippen molar-refractivity contribution in [3.63, 3.8) is 0 Å². The first-order valence-electron chi connectivity index (χ1n) is 10.7. The van der Waals surface area contributed by atoms with E-state index in [9.17, 15) is 13.2 Å². The molecule has 2 aromatic heterocycles. The van der Waals surface area contributed by atoms with Crippen LogP contribution >= 0.6 is 11.6 Å². The van der Waals surface area contributed by atoms with Gasteiger partial charge in [0.1, 0.15) is 5.52 Å². The van der Waals surface area contributed by atoms with Crippen LogP contribution in [0.4, 0.5) is 5.82 Å². The number of fused-ring (bicyclic) bond motifs is 1. The van der Waals surface area contributed by atoms with E-state index in [-0.39, 0.29) is 34.5 Å². The van der Waals surface area contributed by atoms with E-state index in [4.69, 9.17) is 11.6 Å². The van der Waals surface area contributed by atoms with Crippen LogP contribution in [-0.2, 0) is 9.84 Å². The molecule has 2 aliphatic rings. The molecule has 32 heavy (non-hydrogen) atoms. The lowest BCUT2D eigenvalue weighted by atomic mass is 10.2. The van der Waals surface area contributed by atoms with Crippen molar-refractivity contribution in [3.05, 3.63) is 57.1 Å². The van der Waals surface area contributed by atoms with Crippen LogP contribution < -0.4 is 10.9 Å². The first-order chi connectivity index (χ1) is 15.2. The van der Waals surface area contributed by atoms with Gasteiger partial charge in [0.2, 0.25) is 5.28 Å². The Kier molecular flexibility index (Phi) is 6.22. The highest BCUT2D eigenvalue weighted by molar-refractivity contribution is 7.96. The van der Waals surface area contributed by atoms with Crippen molar-refractivity contribution in [2.75, 3.05) is 11.9 Å². The summed E-state index contributed by atoms with van der Waals surface area (Å²) in [4.78, 5) is 26.1. The van der Waals surface area contributed by atoms with E-state index in [1.54, 1.807) is 29.7 Å². The number of rotatable bonds is 9. The van der Waals surface area contributed by atoms with Gasteiger partial charge in [-0.2, -0.15) is 4.98 Å². The standard InChI is InChI=1S/C22H26ClN5O3S/c1-4-16(32(30,31)17-9-10-17)8-5-13(2)11-24-19-21(29)28(14(3)15-6-7-15)20-18(26-19)12-25-22(23)27-20/h4-5,8,12,14-15,17H,2,6-7,9-11H2,1,3H3,(H,24,26)/b8-5-,16-4+/t14-/m0/s1. The molecular weight excluding hydrogens is 450 g/mol. The summed E-state index contributed by atoms with van der Waals surface area (Å²) in [6.07, 6.45) is 9.87. The van der Waals surface area contributed by atoms with Crippen LogP contribution in [0.15, 0.2) is 46.3 Å². The highest BCUT2D eigenvalue weighted by Gasteiger charge is 2.37. The van der Waals surface area contributed by atoms with Gasteiger partial charge >= 0.3 is 0 Å². The van der Waals surface area contributed by atoms with Gasteiger partial charge in [0.25, 0.3) is 5.56 Å². The first kappa shape index (κ1) is 22.7. The van der Waals surface area contributed by atoms with Crippen LogP contribution in [0.1, 0.15) is 45.6 Å². The van der Waals surface area contributed by atoms with Crippen molar-refractivity contribution in [2.24, 2.45) is 5.92 Å². The smallest absolute Gasteiger partial charge is 0.295 e. The molecule has 2 saturated carbocycles. The van der Waals surface area contributed by atoms with Gasteiger partial charge in [0.05, 0.1) is 16.4 Å². The molecule has 2 aliphatic carbocycles. The van der Waals surface area contributed by atoms with Gasteiger partial charge in [-0.25, -0.2) is 18.4 Å². The monoisotopic (exact) mass is 475 g/mol. The van der Waals surface area contributed by atoms with Crippen LogP contribution in [0, 0.1) is 5.92 Å². The number of sulfone groups is 1. The summed E-state index contributed by atoms with van der Waals surface area (Å²) in [6.45, 7) is 7.91. The van der Waals surface area contributed by atoms with E-state index in [0.29, 0.717) is 40.4 Å². The fourth-order valence-corrected chi connectivity index (χ4v) is 5.50. The third-order valence-corrected chi connectivity index (χ3v) is 8.42. The van der Waals surface area contributed by atoms with Crippen LogP contribution in [0.3, 0.4) is 0 Å². The Morgan fingerprint density at radius 1 is 1.31 bits per heavy atom. The number of hydrogen-bond donors (Lipinski definition) is 1. The number of nitrogens with zero attached hydrogens (tertiary/aromatic N) is 4. The SMILES string of the molecule is C=C(/C=C\C(=C/C)S(=O)(=O)C1CC1)CNc1nc2cnc(Cl)nc2n([C@@H](C)C2CC2)c1=O. The third kappa shape index (κ3) is 4.63. The molecule has 0 amide bonds. The second kappa shape index (κ2) is 8.78. The summed E-state index contributed by atoms with van der Waals surface area (Å²) in [6, 6.07) is -0.0347. The summed E-state index contributed by atoms with van der Waals surface area (Å²) >= 11 is 5.97. The zero-order chi connectivity index (χ0) is 23.0. The number of halogens is 1. The number of aromatic nitrogens is 4. The molecule has 10 heteroatoms. The van der Waals surface area contributed by atoms with Crippen molar-refractivity contribution in [1.82, 2.24) is 19.5 Å². The Balaban J connectivity index is 1.55. The zero-order valence-corrected chi connectivity index (χ0v) is 19.7. The fourth-order valence-electron chi connectivity index (χ4n) is 3.65. The predicted molar refractivity (Wildman–Crippen MR) is 127 cm³/mol. The number of allylic oxidation sites excluding steroid dienone is 2. The molecule has 0 bridgehead atoms. The average molecular weight is 476 g/mol. The van der Waals surface area contributed by atoms with Gasteiger partial charge in [0, 0.05) is 12.6 Å². The Labute approximate surface area is 192 Å². The average Bonchev–Trinajstić information content (AvgIpc) is 3.64. The molecule has 2 heterocycles. The van der Waals surface area contributed by atoms with Crippen LogP contribution in [0.5, 0.6) is 0 Å². The second-order valence-corrected chi connectivity index (χ2v) is 10.9. The molecule has 0 radical (unpaired) electrons. The minimum atomic E-state index is -3.27. The molecule has 1 N–H and O–H groups in total. The summed E-state index contributed by atoms with van der Waals surface area (Å²) in [5, 5.41) is 2.83. The quantitative estimate of drug-likeness (QED) is 0.434. The Hall–Kier alpha value is -2.52. The number of anilines is 1. The molecule has 0 aliphatic heterocycles. The molecule has 0 unspecified atom stereocenters. The van der Waals surface area contributed by atoms with Gasteiger partial charge in [0.15, 0.2) is 21.3 Å². The molecule has 2 fully saturated rings. The lowest BCUT2D eigenvalue weighted by Crippen LogP contribution is -2.29. The van der Waals surface area contributed by atoms with Crippen molar-refractivity contribution in [3.8, 4) is 0 Å². The molecule has 0 saturated heterocycles. The molecule has 170 valence electrons. The lowest BCUT2D eigenvalue weighted by Gasteiger charge is -2.18. The number of hydrogen-bond acceptors (Lipinski definition) is 7. The lowest BCUT2D eigenvalue weighted by molar-refractivity contribution is 0.482. The van der Waals surface area contributed by atoms with Crippen molar-refractivity contribution < 1.29 is 8.42 Å². The van der Waals surface area contributed by atoms with Crippen LogP contribution in [0.2, 0.25) is 5.28 Å². The van der Waals surface area contributed by atoms with Crippen molar-refractivity contribution in [1.29, 1.82) is 0 Å². The van der Waals surface area contributed by atoms with Gasteiger partial charge in [-0.15, -0.1) is 0 Å². The first-order valence-corrected chi connectivity index (χ1v) is 12.6. The highest BCUT2D eigenvalue weighted by Crippen LogP contribution is 2.39. The molecule has 2 aromatic rings. The van der Waals surface area contributed by atoms with Gasteiger partial charge < -0.3 is 5.32 Å². The van der Waals surface area contributed by atoms with Gasteiger partial charge in [-0.05, 0) is 68.7 Å². The summed E-state index contributed by atoms with van der Waals surface area (Å²) in [7, 11) is -3.27. The predicted octanol–water partition coefficient (Wildman–Crippen LogP) is 3.82. The molecule has 1 atom stereocenters. The van der Waals surface area contributed by atoms with E-state index in [2.05, 4.69) is 26.8 Å². The van der Waals surface area contributed by atoms with Crippen molar-refractivity contribution in [2.45, 2.75) is 50.8 Å². The largest absolute Gasteiger partial charge is 0.361 e. The third-order valence-electron chi connectivity index (χ3n) is 5.86. The minimum absolute atomic E-state index is 0.0347. The normalized spacial score (nSPS) is 18.3. The zero-order valence-electron chi connectivity index (χ0n) is 18.1. The topological polar surface area (TPSA) is 107 Å². The maximum atomic E-state index is 13.2. The summed E-state index contributed by atoms with van der Waals surface area (Å²) in [5.41, 5.74) is 1.22.